The molecule has 0 radical (unpaired) electrons. The van der Waals surface area contributed by atoms with E-state index < -0.39 is 59.0 Å². The first-order valence-corrected chi connectivity index (χ1v) is 14.3. The van der Waals surface area contributed by atoms with Crippen molar-refractivity contribution in [2.75, 3.05) is 17.7 Å². The van der Waals surface area contributed by atoms with E-state index in [1.807, 2.05) is 6.07 Å². The molecular weight excluding hydrogens is 519 g/mol. The smallest absolute Gasteiger partial charge is 0.358 e. The van der Waals surface area contributed by atoms with Crippen LogP contribution in [-0.4, -0.2) is 52.4 Å². The van der Waals surface area contributed by atoms with E-state index in [9.17, 15) is 40.1 Å². The average Bonchev–Trinajstić information content (AvgIpc) is 3.43. The molecule has 1 saturated carbocycles. The highest BCUT2D eigenvalue weighted by Gasteiger charge is 2.50. The molecule has 36 heavy (non-hydrogen) atoms. The van der Waals surface area contributed by atoms with Gasteiger partial charge in [-0.1, -0.05) is 18.2 Å². The Hall–Kier alpha value is -3.11. The zero-order chi connectivity index (χ0) is 26.5. The SMILES string of the molecule is CS(=O)(=O)c1cccc(N2C[C@H](S(=O)(=O)c3ccccc3C(F)(F)F)C[C@H]2C(=O)NC2(C#N)CC2)c1. The zero-order valence-electron chi connectivity index (χ0n) is 19.0. The summed E-state index contributed by atoms with van der Waals surface area (Å²) >= 11 is 0. The van der Waals surface area contributed by atoms with Gasteiger partial charge in [0.15, 0.2) is 19.7 Å². The van der Waals surface area contributed by atoms with Gasteiger partial charge >= 0.3 is 6.18 Å². The summed E-state index contributed by atoms with van der Waals surface area (Å²) in [5.41, 5.74) is -2.14. The van der Waals surface area contributed by atoms with Gasteiger partial charge in [-0.05, 0) is 49.6 Å². The van der Waals surface area contributed by atoms with E-state index in [1.165, 1.54) is 35.2 Å². The highest BCUT2D eigenvalue weighted by atomic mass is 32.2. The fraction of sp³-hybridized carbons (Fsp3) is 0.391. The molecule has 0 aromatic heterocycles. The summed E-state index contributed by atoms with van der Waals surface area (Å²) in [6, 6.07) is 10.3. The van der Waals surface area contributed by atoms with Gasteiger partial charge in [-0.15, -0.1) is 0 Å². The molecule has 0 bridgehead atoms. The summed E-state index contributed by atoms with van der Waals surface area (Å²) in [4.78, 5) is 13.6. The Balaban J connectivity index is 1.75. The van der Waals surface area contributed by atoms with Crippen molar-refractivity contribution in [1.82, 2.24) is 5.32 Å². The summed E-state index contributed by atoms with van der Waals surface area (Å²) in [5, 5.41) is 10.6. The lowest BCUT2D eigenvalue weighted by Crippen LogP contribution is -2.47. The van der Waals surface area contributed by atoms with Crippen molar-refractivity contribution < 1.29 is 34.8 Å². The predicted octanol–water partition coefficient (Wildman–Crippen LogP) is 2.70. The van der Waals surface area contributed by atoms with Gasteiger partial charge in [-0.25, -0.2) is 16.8 Å². The summed E-state index contributed by atoms with van der Waals surface area (Å²) < 4.78 is 91.7. The van der Waals surface area contributed by atoms with E-state index in [0.29, 0.717) is 18.9 Å². The molecule has 4 rings (SSSR count). The average molecular weight is 542 g/mol. The van der Waals surface area contributed by atoms with Crippen molar-refractivity contribution in [1.29, 1.82) is 5.26 Å². The number of hydrogen-bond acceptors (Lipinski definition) is 7. The van der Waals surface area contributed by atoms with Gasteiger partial charge in [0.1, 0.15) is 11.6 Å². The molecule has 2 fully saturated rings. The minimum atomic E-state index is -4.91. The van der Waals surface area contributed by atoms with Crippen molar-refractivity contribution in [3.8, 4) is 6.07 Å². The Morgan fingerprint density at radius 2 is 1.78 bits per heavy atom. The van der Waals surface area contributed by atoms with E-state index in [1.54, 1.807) is 0 Å². The first kappa shape index (κ1) is 26.0. The fourth-order valence-corrected chi connectivity index (χ4v) is 6.86. The number of carbonyl (C=O) groups is 1. The maximum atomic E-state index is 13.6. The number of sulfone groups is 2. The quantitative estimate of drug-likeness (QED) is 0.596. The molecule has 0 unspecified atom stereocenters. The number of benzene rings is 2. The number of rotatable bonds is 6. The van der Waals surface area contributed by atoms with Crippen LogP contribution in [0.3, 0.4) is 0 Å². The van der Waals surface area contributed by atoms with E-state index in [0.717, 1.165) is 18.4 Å². The number of alkyl halides is 3. The topological polar surface area (TPSA) is 124 Å². The first-order chi connectivity index (χ1) is 16.7. The predicted molar refractivity (Wildman–Crippen MR) is 123 cm³/mol. The van der Waals surface area contributed by atoms with Crippen LogP contribution < -0.4 is 10.2 Å². The van der Waals surface area contributed by atoms with Gasteiger partial charge in [0.2, 0.25) is 5.91 Å². The summed E-state index contributed by atoms with van der Waals surface area (Å²) in [6.45, 7) is -0.348. The van der Waals surface area contributed by atoms with Crippen molar-refractivity contribution in [3.05, 3.63) is 54.1 Å². The standard InChI is InChI=1S/C23H22F3N3O5S2/c1-35(31,32)16-6-4-5-15(11-16)29-13-17(12-19(29)21(30)28-22(14-27)9-10-22)36(33,34)20-8-3-2-7-18(20)23(24,25)26/h2-8,11,17,19H,9-10,12-13H2,1H3,(H,28,30)/t17-,19+/m1/s1. The molecule has 1 heterocycles. The van der Waals surface area contributed by atoms with Crippen molar-refractivity contribution in [2.45, 2.75) is 52.1 Å². The lowest BCUT2D eigenvalue weighted by Gasteiger charge is -2.27. The molecule has 0 spiro atoms. The Morgan fingerprint density at radius 3 is 2.36 bits per heavy atom. The summed E-state index contributed by atoms with van der Waals surface area (Å²) in [5.74, 6) is -0.652. The van der Waals surface area contributed by atoms with Crippen molar-refractivity contribution in [2.24, 2.45) is 0 Å². The number of halogens is 3. The second kappa shape index (κ2) is 8.77. The van der Waals surface area contributed by atoms with Crippen LogP contribution in [0.15, 0.2) is 58.3 Å². The number of amides is 1. The minimum absolute atomic E-state index is 0.0661. The van der Waals surface area contributed by atoms with Gasteiger partial charge in [0.05, 0.1) is 26.7 Å². The molecule has 1 saturated heterocycles. The number of hydrogen-bond donors (Lipinski definition) is 1. The zero-order valence-corrected chi connectivity index (χ0v) is 20.6. The maximum absolute atomic E-state index is 13.6. The molecule has 2 aliphatic rings. The van der Waals surface area contributed by atoms with E-state index in [4.69, 9.17) is 0 Å². The van der Waals surface area contributed by atoms with Crippen LogP contribution in [0.1, 0.15) is 24.8 Å². The van der Waals surface area contributed by atoms with Crippen LogP contribution in [0.4, 0.5) is 18.9 Å². The van der Waals surface area contributed by atoms with Crippen LogP contribution in [0, 0.1) is 11.3 Å². The number of nitriles is 1. The fourth-order valence-electron chi connectivity index (χ4n) is 4.29. The summed E-state index contributed by atoms with van der Waals surface area (Å²) in [7, 11) is -8.19. The molecule has 2 atom stereocenters. The number of anilines is 1. The summed E-state index contributed by atoms with van der Waals surface area (Å²) in [6.07, 6.45) is -3.41. The largest absolute Gasteiger partial charge is 0.417 e. The normalized spacial score (nSPS) is 21.6. The third-order valence-electron chi connectivity index (χ3n) is 6.41. The van der Waals surface area contributed by atoms with E-state index in [2.05, 4.69) is 5.32 Å². The minimum Gasteiger partial charge on any atom is -0.358 e. The Labute approximate surface area is 206 Å². The van der Waals surface area contributed by atoms with Gasteiger partial charge < -0.3 is 10.2 Å². The first-order valence-electron chi connectivity index (χ1n) is 10.9. The van der Waals surface area contributed by atoms with Crippen LogP contribution in [0.5, 0.6) is 0 Å². The van der Waals surface area contributed by atoms with Crippen molar-refractivity contribution >= 4 is 31.3 Å². The molecule has 2 aromatic rings. The highest BCUT2D eigenvalue weighted by molar-refractivity contribution is 7.92. The van der Waals surface area contributed by atoms with Gasteiger partial charge in [-0.3, -0.25) is 4.79 Å². The van der Waals surface area contributed by atoms with Crippen LogP contribution in [0.25, 0.3) is 0 Å². The Morgan fingerprint density at radius 1 is 1.11 bits per heavy atom. The van der Waals surface area contributed by atoms with Crippen LogP contribution in [0.2, 0.25) is 0 Å². The second-order valence-corrected chi connectivity index (χ2v) is 13.2. The number of nitrogens with zero attached hydrogens (tertiary/aromatic N) is 2. The highest BCUT2D eigenvalue weighted by Crippen LogP contribution is 2.40. The van der Waals surface area contributed by atoms with Gasteiger partial charge in [0, 0.05) is 18.5 Å². The molecule has 192 valence electrons. The van der Waals surface area contributed by atoms with E-state index >= 15 is 0 Å². The molecule has 1 N–H and O–H groups in total. The Bertz CT molecular complexity index is 1460. The van der Waals surface area contributed by atoms with Gasteiger partial charge in [0.25, 0.3) is 0 Å². The Kier molecular flexibility index (Phi) is 6.33. The van der Waals surface area contributed by atoms with Crippen molar-refractivity contribution in [3.63, 3.8) is 0 Å². The lowest BCUT2D eigenvalue weighted by atomic mass is 10.1. The molecule has 1 aliphatic heterocycles. The maximum Gasteiger partial charge on any atom is 0.417 e. The molecule has 13 heteroatoms. The molecule has 2 aromatic carbocycles. The van der Waals surface area contributed by atoms with E-state index in [-0.39, 0.29) is 23.5 Å². The molecular formula is C23H22F3N3O5S2. The molecule has 1 aliphatic carbocycles. The van der Waals surface area contributed by atoms with Crippen LogP contribution in [-0.2, 0) is 30.6 Å². The number of nitrogens with one attached hydrogen (secondary N) is 1. The van der Waals surface area contributed by atoms with Gasteiger partial charge in [-0.2, -0.15) is 18.4 Å². The second-order valence-electron chi connectivity index (χ2n) is 9.02. The molecule has 8 nitrogen and oxygen atoms in total. The third-order valence-corrected chi connectivity index (χ3v) is 9.71. The third kappa shape index (κ3) is 4.92. The molecule has 1 amide bonds. The number of carbonyl (C=O) groups excluding carboxylic acids is 1. The monoisotopic (exact) mass is 541 g/mol. The van der Waals surface area contributed by atoms with Crippen LogP contribution >= 0.6 is 0 Å². The lowest BCUT2D eigenvalue weighted by molar-refractivity contribution is -0.139.